The minimum absolute atomic E-state index is 0.193. The molecule has 0 fully saturated rings. The van der Waals surface area contributed by atoms with Crippen LogP contribution in [0.25, 0.3) is 0 Å². The summed E-state index contributed by atoms with van der Waals surface area (Å²) in [5.41, 5.74) is -0.274. The highest BCUT2D eigenvalue weighted by molar-refractivity contribution is 7.11. The van der Waals surface area contributed by atoms with Crippen LogP contribution in [0.5, 0.6) is 0 Å². The van der Waals surface area contributed by atoms with Crippen molar-refractivity contribution in [3.05, 3.63) is 16.1 Å². The van der Waals surface area contributed by atoms with Gasteiger partial charge in [0.1, 0.15) is 0 Å². The van der Waals surface area contributed by atoms with E-state index < -0.39 is 11.2 Å². The van der Waals surface area contributed by atoms with Crippen LogP contribution in [0.3, 0.4) is 0 Å². The maximum Gasteiger partial charge on any atom is 0.443 e. The molecular weight excluding hydrogens is 275 g/mol. The number of aromatic nitrogens is 1. The Morgan fingerprint density at radius 1 is 1.42 bits per heavy atom. The van der Waals surface area contributed by atoms with Crippen LogP contribution in [0.2, 0.25) is 0 Å². The summed E-state index contributed by atoms with van der Waals surface area (Å²) in [6.45, 7) is 4.05. The van der Waals surface area contributed by atoms with Gasteiger partial charge in [-0.2, -0.15) is 13.2 Å². The van der Waals surface area contributed by atoms with Gasteiger partial charge >= 0.3 is 6.18 Å². The van der Waals surface area contributed by atoms with Crippen LogP contribution >= 0.6 is 11.3 Å². The van der Waals surface area contributed by atoms with Gasteiger partial charge in [0.05, 0.1) is 6.04 Å². The second kappa shape index (κ2) is 5.76. The van der Waals surface area contributed by atoms with Crippen molar-refractivity contribution < 1.29 is 13.2 Å². The Kier molecular flexibility index (Phi) is 4.97. The molecule has 0 saturated carbocycles. The van der Waals surface area contributed by atoms with Gasteiger partial charge in [0.2, 0.25) is 0 Å². The van der Waals surface area contributed by atoms with Crippen molar-refractivity contribution in [2.75, 3.05) is 21.1 Å². The van der Waals surface area contributed by atoms with Crippen molar-refractivity contribution in [2.24, 2.45) is 0 Å². The third kappa shape index (κ3) is 3.27. The number of rotatable bonds is 5. The summed E-state index contributed by atoms with van der Waals surface area (Å²) in [6.07, 6.45) is -2.24. The van der Waals surface area contributed by atoms with Crippen molar-refractivity contribution in [1.29, 1.82) is 0 Å². The largest absolute Gasteiger partial charge is 0.443 e. The van der Waals surface area contributed by atoms with Crippen molar-refractivity contribution in [1.82, 2.24) is 15.2 Å². The Morgan fingerprint density at radius 2 is 2.00 bits per heavy atom. The van der Waals surface area contributed by atoms with Crippen molar-refractivity contribution >= 4 is 11.3 Å². The van der Waals surface area contributed by atoms with E-state index in [0.29, 0.717) is 16.2 Å². The molecule has 2 unspecified atom stereocenters. The van der Waals surface area contributed by atoms with Crippen LogP contribution in [0.15, 0.2) is 6.20 Å². The molecule has 1 N–H and O–H groups in total. The summed E-state index contributed by atoms with van der Waals surface area (Å²) >= 11 is 0.707. The molecule has 0 amide bonds. The third-order valence-electron chi connectivity index (χ3n) is 3.70. The summed E-state index contributed by atoms with van der Waals surface area (Å²) < 4.78 is 37.9. The monoisotopic (exact) mass is 295 g/mol. The molecule has 2 atom stereocenters. The molecule has 1 rings (SSSR count). The minimum Gasteiger partial charge on any atom is -0.311 e. The average Bonchev–Trinajstić information content (AvgIpc) is 2.78. The SMILES string of the molecule is CCC(C)(C(NC)c1cnc(C(F)(F)F)s1)N(C)C. The Labute approximate surface area is 115 Å². The van der Waals surface area contributed by atoms with E-state index in [0.717, 1.165) is 6.42 Å². The Balaban J connectivity index is 3.14. The predicted molar refractivity (Wildman–Crippen MR) is 71.3 cm³/mol. The summed E-state index contributed by atoms with van der Waals surface area (Å²) in [5, 5.41) is 2.33. The highest BCUT2D eigenvalue weighted by Gasteiger charge is 2.39. The first-order valence-corrected chi connectivity index (χ1v) is 6.86. The standard InChI is InChI=1S/C12H20F3N3S/c1-6-11(2,18(4)5)9(16-3)8-7-17-10(19-8)12(13,14)15/h7,9,16H,6H2,1-5H3. The highest BCUT2D eigenvalue weighted by atomic mass is 32.1. The van der Waals surface area contributed by atoms with E-state index in [-0.39, 0.29) is 11.6 Å². The van der Waals surface area contributed by atoms with Gasteiger partial charge in [-0.3, -0.25) is 0 Å². The lowest BCUT2D eigenvalue weighted by atomic mass is 9.87. The first-order valence-electron chi connectivity index (χ1n) is 6.04. The molecule has 0 aliphatic rings. The zero-order chi connectivity index (χ0) is 14.8. The molecule has 0 saturated heterocycles. The van der Waals surface area contributed by atoms with Gasteiger partial charge in [-0.15, -0.1) is 11.3 Å². The van der Waals surface area contributed by atoms with Gasteiger partial charge in [0, 0.05) is 16.6 Å². The van der Waals surface area contributed by atoms with E-state index in [1.54, 1.807) is 7.05 Å². The molecule has 0 aliphatic heterocycles. The first kappa shape index (κ1) is 16.4. The molecule has 0 aromatic carbocycles. The molecule has 3 nitrogen and oxygen atoms in total. The molecule has 0 spiro atoms. The number of hydrogen-bond acceptors (Lipinski definition) is 4. The normalized spacial score (nSPS) is 17.5. The number of thiazole rings is 1. The summed E-state index contributed by atoms with van der Waals surface area (Å²) in [6, 6.07) is -0.193. The molecule has 0 bridgehead atoms. The van der Waals surface area contributed by atoms with Gasteiger partial charge in [0.15, 0.2) is 5.01 Å². The van der Waals surface area contributed by atoms with Crippen LogP contribution in [0, 0.1) is 0 Å². The van der Waals surface area contributed by atoms with Crippen LogP contribution in [0.1, 0.15) is 36.2 Å². The lowest BCUT2D eigenvalue weighted by molar-refractivity contribution is -0.137. The van der Waals surface area contributed by atoms with Crippen LogP contribution in [0.4, 0.5) is 13.2 Å². The lowest BCUT2D eigenvalue weighted by Crippen LogP contribution is -2.50. The fourth-order valence-electron chi connectivity index (χ4n) is 2.09. The molecule has 1 aromatic heterocycles. The van der Waals surface area contributed by atoms with Gasteiger partial charge in [-0.25, -0.2) is 4.98 Å². The number of hydrogen-bond donors (Lipinski definition) is 1. The first-order chi connectivity index (χ1) is 8.66. The Morgan fingerprint density at radius 3 is 2.32 bits per heavy atom. The van der Waals surface area contributed by atoms with Gasteiger partial charge < -0.3 is 10.2 Å². The molecule has 0 radical (unpaired) electrons. The van der Waals surface area contributed by atoms with E-state index in [1.807, 2.05) is 32.8 Å². The maximum absolute atomic E-state index is 12.6. The van der Waals surface area contributed by atoms with Crippen molar-refractivity contribution in [2.45, 2.75) is 38.0 Å². The minimum atomic E-state index is -4.37. The predicted octanol–water partition coefficient (Wildman–Crippen LogP) is 3.15. The van der Waals surface area contributed by atoms with Gasteiger partial charge in [-0.1, -0.05) is 6.92 Å². The smallest absolute Gasteiger partial charge is 0.311 e. The van der Waals surface area contributed by atoms with E-state index >= 15 is 0 Å². The second-order valence-electron chi connectivity index (χ2n) is 4.89. The van der Waals surface area contributed by atoms with E-state index in [1.165, 1.54) is 6.20 Å². The van der Waals surface area contributed by atoms with Crippen LogP contribution < -0.4 is 5.32 Å². The lowest BCUT2D eigenvalue weighted by Gasteiger charge is -2.42. The molecule has 19 heavy (non-hydrogen) atoms. The summed E-state index contributed by atoms with van der Waals surface area (Å²) in [4.78, 5) is 6.13. The average molecular weight is 295 g/mol. The molecule has 1 heterocycles. The van der Waals surface area contributed by atoms with Gasteiger partial charge in [0.25, 0.3) is 0 Å². The number of halogens is 3. The Hall–Kier alpha value is -0.660. The van der Waals surface area contributed by atoms with E-state index in [2.05, 4.69) is 10.3 Å². The fraction of sp³-hybridized carbons (Fsp3) is 0.750. The topological polar surface area (TPSA) is 28.2 Å². The summed E-state index contributed by atoms with van der Waals surface area (Å²) in [7, 11) is 5.62. The number of likely N-dealkylation sites (N-methyl/N-ethyl adjacent to an activating group) is 2. The van der Waals surface area contributed by atoms with Crippen LogP contribution in [-0.2, 0) is 6.18 Å². The second-order valence-corrected chi connectivity index (χ2v) is 5.95. The highest BCUT2D eigenvalue weighted by Crippen LogP contribution is 2.39. The third-order valence-corrected chi connectivity index (χ3v) is 4.81. The van der Waals surface area contributed by atoms with Crippen molar-refractivity contribution in [3.8, 4) is 0 Å². The molecule has 7 heteroatoms. The number of alkyl halides is 3. The molecular formula is C12H20F3N3S. The Bertz CT molecular complexity index is 417. The van der Waals surface area contributed by atoms with E-state index in [4.69, 9.17) is 0 Å². The fourth-order valence-corrected chi connectivity index (χ4v) is 3.13. The number of nitrogens with zero attached hydrogens (tertiary/aromatic N) is 2. The number of nitrogens with one attached hydrogen (secondary N) is 1. The van der Waals surface area contributed by atoms with Gasteiger partial charge in [-0.05, 0) is 34.5 Å². The van der Waals surface area contributed by atoms with Crippen molar-refractivity contribution in [3.63, 3.8) is 0 Å². The summed E-state index contributed by atoms with van der Waals surface area (Å²) in [5.74, 6) is 0. The zero-order valence-electron chi connectivity index (χ0n) is 11.8. The quantitative estimate of drug-likeness (QED) is 0.904. The molecule has 0 aliphatic carbocycles. The van der Waals surface area contributed by atoms with E-state index in [9.17, 15) is 13.2 Å². The molecule has 110 valence electrons. The van der Waals surface area contributed by atoms with Crippen LogP contribution in [-0.4, -0.2) is 36.6 Å². The zero-order valence-corrected chi connectivity index (χ0v) is 12.6. The maximum atomic E-state index is 12.6. The molecule has 1 aromatic rings.